The lowest BCUT2D eigenvalue weighted by Crippen LogP contribution is -2.49. The number of piperidine rings is 1. The Bertz CT molecular complexity index is 321. The highest BCUT2D eigenvalue weighted by molar-refractivity contribution is 5.99. The molecular weight excluding hydrogens is 208 g/mol. The molecule has 0 N–H and O–H groups in total. The summed E-state index contributed by atoms with van der Waals surface area (Å²) in [6.45, 7) is 1.58. The van der Waals surface area contributed by atoms with E-state index in [4.69, 9.17) is 4.74 Å². The molecule has 88 valence electrons. The average molecular weight is 224 g/mol. The number of ether oxygens (including phenoxy) is 1. The molecule has 0 radical (unpaired) electrons. The van der Waals surface area contributed by atoms with Gasteiger partial charge < -0.3 is 4.74 Å². The Hall–Kier alpha value is -1.10. The van der Waals surface area contributed by atoms with E-state index in [9.17, 15) is 9.59 Å². The van der Waals surface area contributed by atoms with E-state index in [1.54, 1.807) is 0 Å². The number of amides is 2. The highest BCUT2D eigenvalue weighted by Gasteiger charge is 2.50. The third-order valence-electron chi connectivity index (χ3n) is 3.52. The van der Waals surface area contributed by atoms with Gasteiger partial charge in [0, 0.05) is 19.0 Å². The summed E-state index contributed by atoms with van der Waals surface area (Å²) in [5, 5.41) is 3.08. The maximum atomic E-state index is 12.0. The number of hydrazine groups is 1. The molecule has 1 aliphatic carbocycles. The summed E-state index contributed by atoms with van der Waals surface area (Å²) in [6, 6.07) is 0. The SMILES string of the molecule is O=C1OC(C2CC2)C(=O)N1N1CCCCC1. The summed E-state index contributed by atoms with van der Waals surface area (Å²) in [7, 11) is 0. The Balaban J connectivity index is 1.73. The molecule has 0 spiro atoms. The highest BCUT2D eigenvalue weighted by Crippen LogP contribution is 2.38. The first-order valence-electron chi connectivity index (χ1n) is 6.07. The zero-order valence-corrected chi connectivity index (χ0v) is 9.22. The standard InChI is InChI=1S/C11H16N2O3/c14-10-9(8-4-5-8)16-11(15)13(10)12-6-2-1-3-7-12/h8-9H,1-7H2. The van der Waals surface area contributed by atoms with Gasteiger partial charge in [0.05, 0.1) is 0 Å². The van der Waals surface area contributed by atoms with Gasteiger partial charge in [-0.25, -0.2) is 9.80 Å². The van der Waals surface area contributed by atoms with Crippen LogP contribution in [0.1, 0.15) is 32.1 Å². The molecule has 5 nitrogen and oxygen atoms in total. The number of carbonyl (C=O) groups is 2. The first-order valence-corrected chi connectivity index (χ1v) is 6.07. The Morgan fingerprint density at radius 2 is 1.75 bits per heavy atom. The number of rotatable bonds is 2. The van der Waals surface area contributed by atoms with Gasteiger partial charge in [0.1, 0.15) is 0 Å². The van der Waals surface area contributed by atoms with E-state index in [1.807, 2.05) is 5.01 Å². The Labute approximate surface area is 94.3 Å². The molecule has 2 aliphatic heterocycles. The van der Waals surface area contributed by atoms with Gasteiger partial charge in [0.2, 0.25) is 0 Å². The van der Waals surface area contributed by atoms with E-state index in [2.05, 4.69) is 0 Å². The number of hydrogen-bond acceptors (Lipinski definition) is 4. The third-order valence-corrected chi connectivity index (χ3v) is 3.52. The number of carbonyl (C=O) groups excluding carboxylic acids is 2. The van der Waals surface area contributed by atoms with Crippen LogP contribution in [0.3, 0.4) is 0 Å². The van der Waals surface area contributed by atoms with Gasteiger partial charge in [0.15, 0.2) is 6.10 Å². The van der Waals surface area contributed by atoms with Crippen LogP contribution in [-0.2, 0) is 9.53 Å². The Morgan fingerprint density at radius 1 is 1.06 bits per heavy atom. The molecular formula is C11H16N2O3. The van der Waals surface area contributed by atoms with Crippen LogP contribution in [0.5, 0.6) is 0 Å². The second-order valence-electron chi connectivity index (χ2n) is 4.81. The smallest absolute Gasteiger partial charge is 0.432 e. The molecule has 1 saturated carbocycles. The second kappa shape index (κ2) is 3.73. The predicted molar refractivity (Wildman–Crippen MR) is 55.3 cm³/mol. The zero-order valence-electron chi connectivity index (χ0n) is 9.22. The summed E-state index contributed by atoms with van der Waals surface area (Å²) in [4.78, 5) is 23.7. The minimum Gasteiger partial charge on any atom is -0.434 e. The molecule has 3 fully saturated rings. The van der Waals surface area contributed by atoms with E-state index in [0.717, 1.165) is 38.8 Å². The van der Waals surface area contributed by atoms with E-state index in [0.29, 0.717) is 0 Å². The molecule has 2 saturated heterocycles. The van der Waals surface area contributed by atoms with E-state index in [-0.39, 0.29) is 11.8 Å². The van der Waals surface area contributed by atoms with Crippen LogP contribution >= 0.6 is 0 Å². The summed E-state index contributed by atoms with van der Waals surface area (Å²) in [5.74, 6) is 0.139. The van der Waals surface area contributed by atoms with Crippen molar-refractivity contribution < 1.29 is 14.3 Å². The minimum atomic E-state index is -0.491. The van der Waals surface area contributed by atoms with Gasteiger partial charge in [0.25, 0.3) is 5.91 Å². The average Bonchev–Trinajstić information content (AvgIpc) is 3.07. The molecule has 16 heavy (non-hydrogen) atoms. The number of cyclic esters (lactones) is 1. The molecule has 0 aromatic carbocycles. The quantitative estimate of drug-likeness (QED) is 0.706. The number of nitrogens with zero attached hydrogens (tertiary/aromatic N) is 2. The lowest BCUT2D eigenvalue weighted by Gasteiger charge is -2.31. The van der Waals surface area contributed by atoms with Crippen molar-refractivity contribution in [3.05, 3.63) is 0 Å². The van der Waals surface area contributed by atoms with Crippen molar-refractivity contribution in [3.63, 3.8) is 0 Å². The van der Waals surface area contributed by atoms with E-state index in [1.165, 1.54) is 11.4 Å². The molecule has 0 aromatic heterocycles. The first kappa shape index (κ1) is 10.1. The Morgan fingerprint density at radius 3 is 2.38 bits per heavy atom. The van der Waals surface area contributed by atoms with Gasteiger partial charge in [-0.05, 0) is 25.7 Å². The second-order valence-corrected chi connectivity index (χ2v) is 4.81. The first-order chi connectivity index (χ1) is 7.77. The van der Waals surface area contributed by atoms with Crippen LogP contribution in [0, 0.1) is 5.92 Å². The summed E-state index contributed by atoms with van der Waals surface area (Å²) in [5.41, 5.74) is 0. The van der Waals surface area contributed by atoms with Crippen molar-refractivity contribution in [2.75, 3.05) is 13.1 Å². The van der Waals surface area contributed by atoms with Crippen molar-refractivity contribution in [2.45, 2.75) is 38.2 Å². The van der Waals surface area contributed by atoms with Crippen LogP contribution in [0.25, 0.3) is 0 Å². The van der Waals surface area contributed by atoms with Crippen molar-refractivity contribution in [1.29, 1.82) is 0 Å². The van der Waals surface area contributed by atoms with Crippen LogP contribution in [0.2, 0.25) is 0 Å². The molecule has 1 atom stereocenters. The predicted octanol–water partition coefficient (Wildman–Crippen LogP) is 1.14. The lowest BCUT2D eigenvalue weighted by atomic mass is 10.1. The monoisotopic (exact) mass is 224 g/mol. The fraction of sp³-hybridized carbons (Fsp3) is 0.818. The zero-order chi connectivity index (χ0) is 11.1. The van der Waals surface area contributed by atoms with E-state index < -0.39 is 12.2 Å². The molecule has 2 amide bonds. The van der Waals surface area contributed by atoms with Gasteiger partial charge in [-0.3, -0.25) is 4.79 Å². The molecule has 0 bridgehead atoms. The summed E-state index contributed by atoms with van der Waals surface area (Å²) in [6.07, 6.45) is 4.34. The van der Waals surface area contributed by atoms with Crippen LogP contribution in [0.4, 0.5) is 4.79 Å². The molecule has 5 heteroatoms. The fourth-order valence-electron chi connectivity index (χ4n) is 2.45. The normalized spacial score (nSPS) is 32.0. The van der Waals surface area contributed by atoms with Crippen molar-refractivity contribution in [1.82, 2.24) is 10.0 Å². The van der Waals surface area contributed by atoms with Gasteiger partial charge in [-0.15, -0.1) is 0 Å². The topological polar surface area (TPSA) is 49.9 Å². The van der Waals surface area contributed by atoms with Gasteiger partial charge in [-0.2, -0.15) is 5.01 Å². The molecule has 2 heterocycles. The molecule has 0 aromatic rings. The van der Waals surface area contributed by atoms with Crippen molar-refractivity contribution >= 4 is 12.0 Å². The Kier molecular flexibility index (Phi) is 2.35. The van der Waals surface area contributed by atoms with E-state index >= 15 is 0 Å². The lowest BCUT2D eigenvalue weighted by molar-refractivity contribution is -0.141. The number of hydrogen-bond donors (Lipinski definition) is 0. The number of imide groups is 1. The fourth-order valence-corrected chi connectivity index (χ4v) is 2.45. The summed E-state index contributed by atoms with van der Waals surface area (Å²) < 4.78 is 5.16. The van der Waals surface area contributed by atoms with Gasteiger partial charge >= 0.3 is 6.09 Å². The maximum Gasteiger partial charge on any atom is 0.432 e. The molecule has 3 aliphatic rings. The largest absolute Gasteiger partial charge is 0.434 e. The third kappa shape index (κ3) is 1.59. The van der Waals surface area contributed by atoms with Crippen molar-refractivity contribution in [3.8, 4) is 0 Å². The molecule has 3 rings (SSSR count). The highest BCUT2D eigenvalue weighted by atomic mass is 16.6. The van der Waals surface area contributed by atoms with Crippen LogP contribution in [0.15, 0.2) is 0 Å². The minimum absolute atomic E-state index is 0.144. The van der Waals surface area contributed by atoms with Crippen LogP contribution < -0.4 is 0 Å². The maximum absolute atomic E-state index is 12.0. The van der Waals surface area contributed by atoms with Crippen LogP contribution in [-0.4, -0.2) is 41.2 Å². The summed E-state index contributed by atoms with van der Waals surface area (Å²) >= 11 is 0. The molecule has 1 unspecified atom stereocenters. The van der Waals surface area contributed by atoms with Gasteiger partial charge in [-0.1, -0.05) is 6.42 Å². The van der Waals surface area contributed by atoms with Crippen molar-refractivity contribution in [2.24, 2.45) is 5.92 Å².